The smallest absolute Gasteiger partial charge is 0.0849 e. The molecule has 2 fully saturated rings. The summed E-state index contributed by atoms with van der Waals surface area (Å²) in [6.07, 6.45) is 6.42. The van der Waals surface area contributed by atoms with Crippen LogP contribution in [0.5, 0.6) is 0 Å². The van der Waals surface area contributed by atoms with E-state index in [1.807, 2.05) is 0 Å². The minimum atomic E-state index is -0.0470. The van der Waals surface area contributed by atoms with Crippen LogP contribution in [0.15, 0.2) is 24.3 Å². The average molecular weight is 259 g/mol. The molecule has 104 valence electrons. The lowest BCUT2D eigenvalue weighted by molar-refractivity contribution is -0.0108. The molecule has 2 nitrogen and oxygen atoms in total. The van der Waals surface area contributed by atoms with Gasteiger partial charge in [0.15, 0.2) is 0 Å². The molecule has 0 aromatic heterocycles. The molecule has 0 radical (unpaired) electrons. The van der Waals surface area contributed by atoms with E-state index in [4.69, 9.17) is 4.74 Å². The van der Waals surface area contributed by atoms with E-state index in [0.29, 0.717) is 6.04 Å². The van der Waals surface area contributed by atoms with Crippen LogP contribution in [0.2, 0.25) is 0 Å². The summed E-state index contributed by atoms with van der Waals surface area (Å²) in [6.45, 7) is 3.17. The Kier molecular flexibility index (Phi) is 3.64. The van der Waals surface area contributed by atoms with Gasteiger partial charge in [-0.05, 0) is 56.7 Å². The number of hydrogen-bond donors (Lipinski definition) is 1. The molecule has 2 atom stereocenters. The molecule has 2 unspecified atom stereocenters. The molecule has 1 saturated heterocycles. The molecule has 2 aliphatic rings. The van der Waals surface area contributed by atoms with Crippen LogP contribution in [-0.2, 0) is 4.74 Å². The number of hydrogen-bond acceptors (Lipinski definition) is 2. The fourth-order valence-electron chi connectivity index (χ4n) is 3.68. The van der Waals surface area contributed by atoms with Gasteiger partial charge in [-0.15, -0.1) is 0 Å². The quantitative estimate of drug-likeness (QED) is 0.888. The van der Waals surface area contributed by atoms with E-state index in [2.05, 4.69) is 43.6 Å². The van der Waals surface area contributed by atoms with Crippen LogP contribution >= 0.6 is 0 Å². The molecule has 1 aliphatic heterocycles. The van der Waals surface area contributed by atoms with E-state index < -0.39 is 0 Å². The first kappa shape index (κ1) is 13.1. The molecule has 0 spiro atoms. The summed E-state index contributed by atoms with van der Waals surface area (Å²) in [5, 5.41) is 3.52. The monoisotopic (exact) mass is 259 g/mol. The molecule has 1 aliphatic carbocycles. The number of rotatable bonds is 4. The van der Waals surface area contributed by atoms with Crippen LogP contribution in [-0.4, -0.2) is 19.3 Å². The van der Waals surface area contributed by atoms with E-state index in [9.17, 15) is 0 Å². The van der Waals surface area contributed by atoms with Gasteiger partial charge in [0.05, 0.1) is 11.6 Å². The SMILES string of the molecule is CNC(c1ccccc1C1CCC1)C1(C)CCCO1. The Morgan fingerprint density at radius 1 is 1.26 bits per heavy atom. The third kappa shape index (κ3) is 2.32. The third-order valence-electron chi connectivity index (χ3n) is 5.00. The molecule has 0 bridgehead atoms. The maximum atomic E-state index is 6.07. The zero-order valence-electron chi connectivity index (χ0n) is 12.1. The minimum Gasteiger partial charge on any atom is -0.373 e. The number of ether oxygens (including phenoxy) is 1. The van der Waals surface area contributed by atoms with Gasteiger partial charge in [-0.25, -0.2) is 0 Å². The van der Waals surface area contributed by atoms with Crippen LogP contribution in [0, 0.1) is 0 Å². The van der Waals surface area contributed by atoms with E-state index in [-0.39, 0.29) is 5.60 Å². The second kappa shape index (κ2) is 5.26. The van der Waals surface area contributed by atoms with E-state index in [1.54, 1.807) is 5.56 Å². The second-order valence-electron chi connectivity index (χ2n) is 6.24. The van der Waals surface area contributed by atoms with E-state index in [1.165, 1.54) is 31.2 Å². The highest BCUT2D eigenvalue weighted by atomic mass is 16.5. The normalized spacial score (nSPS) is 29.2. The van der Waals surface area contributed by atoms with Gasteiger partial charge in [0.2, 0.25) is 0 Å². The lowest BCUT2D eigenvalue weighted by atomic mass is 9.75. The van der Waals surface area contributed by atoms with Crippen molar-refractivity contribution >= 4 is 0 Å². The van der Waals surface area contributed by atoms with E-state index in [0.717, 1.165) is 18.9 Å². The predicted octanol–water partition coefficient (Wildman–Crippen LogP) is 3.78. The molecule has 3 rings (SSSR count). The molecule has 2 heteroatoms. The van der Waals surface area contributed by atoms with Crippen molar-refractivity contribution in [3.05, 3.63) is 35.4 Å². The highest BCUT2D eigenvalue weighted by Crippen LogP contribution is 2.44. The summed E-state index contributed by atoms with van der Waals surface area (Å²) in [4.78, 5) is 0. The fraction of sp³-hybridized carbons (Fsp3) is 0.647. The van der Waals surface area contributed by atoms with Crippen LogP contribution in [0.25, 0.3) is 0 Å². The standard InChI is InChI=1S/C17H25NO/c1-17(11-6-12-19-17)16(18-2)15-10-4-3-9-14(15)13-7-5-8-13/h3-4,9-10,13,16,18H,5-8,11-12H2,1-2H3. The van der Waals surface area contributed by atoms with Gasteiger partial charge < -0.3 is 10.1 Å². The predicted molar refractivity (Wildman–Crippen MR) is 78.4 cm³/mol. The Morgan fingerprint density at radius 3 is 2.63 bits per heavy atom. The van der Waals surface area contributed by atoms with Crippen LogP contribution in [0.3, 0.4) is 0 Å². The summed E-state index contributed by atoms with van der Waals surface area (Å²) in [7, 11) is 2.06. The molecule has 1 aromatic carbocycles. The maximum Gasteiger partial charge on any atom is 0.0849 e. The first-order valence-electron chi connectivity index (χ1n) is 7.64. The van der Waals surface area contributed by atoms with Gasteiger partial charge >= 0.3 is 0 Å². The van der Waals surface area contributed by atoms with Crippen molar-refractivity contribution in [2.75, 3.05) is 13.7 Å². The summed E-state index contributed by atoms with van der Waals surface area (Å²) in [5.41, 5.74) is 2.96. The average Bonchev–Trinajstić information content (AvgIpc) is 2.78. The lowest BCUT2D eigenvalue weighted by Crippen LogP contribution is -2.40. The molecule has 1 N–H and O–H groups in total. The molecular weight excluding hydrogens is 234 g/mol. The Balaban J connectivity index is 1.94. The van der Waals surface area contributed by atoms with Gasteiger partial charge in [0.1, 0.15) is 0 Å². The second-order valence-corrected chi connectivity index (χ2v) is 6.24. The van der Waals surface area contributed by atoms with Crippen molar-refractivity contribution in [1.82, 2.24) is 5.32 Å². The zero-order chi connectivity index (χ0) is 13.3. The van der Waals surface area contributed by atoms with Gasteiger partial charge in [-0.3, -0.25) is 0 Å². The molecular formula is C17H25NO. The van der Waals surface area contributed by atoms with Crippen molar-refractivity contribution < 1.29 is 4.74 Å². The number of benzene rings is 1. The van der Waals surface area contributed by atoms with Crippen molar-refractivity contribution in [1.29, 1.82) is 0 Å². The largest absolute Gasteiger partial charge is 0.373 e. The summed E-state index contributed by atoms with van der Waals surface area (Å²) < 4.78 is 6.07. The molecule has 19 heavy (non-hydrogen) atoms. The van der Waals surface area contributed by atoms with Gasteiger partial charge in [0.25, 0.3) is 0 Å². The third-order valence-corrected chi connectivity index (χ3v) is 5.00. The molecule has 0 amide bonds. The molecule has 1 aromatic rings. The number of likely N-dealkylation sites (N-methyl/N-ethyl adjacent to an activating group) is 1. The highest BCUT2D eigenvalue weighted by Gasteiger charge is 2.40. The summed E-state index contributed by atoms with van der Waals surface area (Å²) >= 11 is 0. The molecule has 1 saturated carbocycles. The van der Waals surface area contributed by atoms with Crippen LogP contribution in [0.4, 0.5) is 0 Å². The Labute approximate surface area is 116 Å². The Hall–Kier alpha value is -0.860. The van der Waals surface area contributed by atoms with Crippen LogP contribution in [0.1, 0.15) is 62.1 Å². The maximum absolute atomic E-state index is 6.07. The minimum absolute atomic E-state index is 0.0470. The van der Waals surface area contributed by atoms with Crippen molar-refractivity contribution in [3.63, 3.8) is 0 Å². The first-order valence-corrected chi connectivity index (χ1v) is 7.64. The molecule has 1 heterocycles. The topological polar surface area (TPSA) is 21.3 Å². The van der Waals surface area contributed by atoms with Gasteiger partial charge in [-0.1, -0.05) is 30.7 Å². The lowest BCUT2D eigenvalue weighted by Gasteiger charge is -2.37. The van der Waals surface area contributed by atoms with Crippen molar-refractivity contribution in [2.24, 2.45) is 0 Å². The zero-order valence-corrected chi connectivity index (χ0v) is 12.1. The van der Waals surface area contributed by atoms with Crippen molar-refractivity contribution in [2.45, 2.75) is 56.6 Å². The van der Waals surface area contributed by atoms with Gasteiger partial charge in [-0.2, -0.15) is 0 Å². The highest BCUT2D eigenvalue weighted by molar-refractivity contribution is 5.36. The Bertz CT molecular complexity index is 433. The summed E-state index contributed by atoms with van der Waals surface area (Å²) in [5.74, 6) is 0.775. The van der Waals surface area contributed by atoms with Gasteiger partial charge in [0, 0.05) is 6.61 Å². The fourth-order valence-corrected chi connectivity index (χ4v) is 3.68. The number of nitrogens with one attached hydrogen (secondary N) is 1. The Morgan fingerprint density at radius 2 is 2.05 bits per heavy atom. The van der Waals surface area contributed by atoms with Crippen LogP contribution < -0.4 is 5.32 Å². The summed E-state index contributed by atoms with van der Waals surface area (Å²) in [6, 6.07) is 9.28. The first-order chi connectivity index (χ1) is 9.24. The van der Waals surface area contributed by atoms with E-state index >= 15 is 0 Å². The van der Waals surface area contributed by atoms with Crippen molar-refractivity contribution in [3.8, 4) is 0 Å².